The van der Waals surface area contributed by atoms with Crippen LogP contribution >= 0.6 is 11.3 Å². The quantitative estimate of drug-likeness (QED) is 0.668. The fourth-order valence-electron chi connectivity index (χ4n) is 1.28. The summed E-state index contributed by atoms with van der Waals surface area (Å²) in [6.07, 6.45) is -0.500. The van der Waals surface area contributed by atoms with Gasteiger partial charge in [-0.05, 0) is 32.2 Å². The average molecular weight is 301 g/mol. The highest BCUT2D eigenvalue weighted by Gasteiger charge is 2.16. The fraction of sp³-hybridized carbons (Fsp3) is 0.538. The van der Waals surface area contributed by atoms with E-state index in [1.165, 1.54) is 18.4 Å². The van der Waals surface area contributed by atoms with Gasteiger partial charge in [0.05, 0.1) is 13.7 Å². The van der Waals surface area contributed by atoms with Crippen LogP contribution in [0.5, 0.6) is 5.75 Å². The number of ether oxygens (including phenoxy) is 3. The van der Waals surface area contributed by atoms with E-state index in [-0.39, 0.29) is 13.2 Å². The molecule has 1 rings (SSSR count). The van der Waals surface area contributed by atoms with E-state index >= 15 is 0 Å². The molecule has 6 nitrogen and oxygen atoms in total. The van der Waals surface area contributed by atoms with Gasteiger partial charge in [-0.15, -0.1) is 11.3 Å². The van der Waals surface area contributed by atoms with Crippen molar-refractivity contribution in [1.29, 1.82) is 0 Å². The Labute approximate surface area is 122 Å². The minimum absolute atomic E-state index is 0.236. The minimum Gasteiger partial charge on any atom is -0.490 e. The molecule has 1 aromatic heterocycles. The Morgan fingerprint density at radius 3 is 2.65 bits per heavy atom. The van der Waals surface area contributed by atoms with E-state index < -0.39 is 17.7 Å². The molecule has 0 aliphatic heterocycles. The molecule has 0 aromatic carbocycles. The number of amides is 1. The number of esters is 1. The number of alkyl carbamates (subject to hydrolysis) is 1. The first-order chi connectivity index (χ1) is 9.33. The van der Waals surface area contributed by atoms with Gasteiger partial charge < -0.3 is 19.5 Å². The third kappa shape index (κ3) is 5.48. The van der Waals surface area contributed by atoms with Crippen LogP contribution in [-0.2, 0) is 9.47 Å². The number of methoxy groups -OCH3 is 1. The maximum Gasteiger partial charge on any atom is 0.407 e. The second-order valence-corrected chi connectivity index (χ2v) is 5.80. The molecule has 1 amide bonds. The van der Waals surface area contributed by atoms with Crippen LogP contribution in [0.25, 0.3) is 0 Å². The minimum atomic E-state index is -0.531. The van der Waals surface area contributed by atoms with Gasteiger partial charge in [0.25, 0.3) is 0 Å². The Balaban J connectivity index is 2.33. The molecule has 0 aliphatic rings. The van der Waals surface area contributed by atoms with E-state index in [0.717, 1.165) is 0 Å². The molecule has 1 heterocycles. The molecular formula is C13H19NO5S. The van der Waals surface area contributed by atoms with Gasteiger partial charge in [-0.1, -0.05) is 0 Å². The summed E-state index contributed by atoms with van der Waals surface area (Å²) < 4.78 is 15.1. The second kappa shape index (κ2) is 7.14. The number of nitrogens with one attached hydrogen (secondary N) is 1. The molecule has 0 spiro atoms. The number of thiophene rings is 1. The SMILES string of the molecule is COC(=O)c1sccc1OCCNC(=O)OC(C)(C)C. The first-order valence-corrected chi connectivity index (χ1v) is 6.97. The molecule has 0 bridgehead atoms. The largest absolute Gasteiger partial charge is 0.490 e. The highest BCUT2D eigenvalue weighted by atomic mass is 32.1. The predicted molar refractivity (Wildman–Crippen MR) is 75.4 cm³/mol. The topological polar surface area (TPSA) is 73.9 Å². The smallest absolute Gasteiger partial charge is 0.407 e. The van der Waals surface area contributed by atoms with Crippen molar-refractivity contribution in [3.05, 3.63) is 16.3 Å². The fourth-order valence-corrected chi connectivity index (χ4v) is 2.03. The Kier molecular flexibility index (Phi) is 5.82. The zero-order chi connectivity index (χ0) is 15.2. The number of hydrogen-bond donors (Lipinski definition) is 1. The lowest BCUT2D eigenvalue weighted by atomic mass is 10.2. The summed E-state index contributed by atoms with van der Waals surface area (Å²) in [5.74, 6) is 0.0166. The van der Waals surface area contributed by atoms with Crippen molar-refractivity contribution in [2.24, 2.45) is 0 Å². The lowest BCUT2D eigenvalue weighted by molar-refractivity contribution is 0.0516. The van der Waals surface area contributed by atoms with Gasteiger partial charge in [0.1, 0.15) is 18.0 Å². The van der Waals surface area contributed by atoms with Crippen LogP contribution in [0.2, 0.25) is 0 Å². The van der Waals surface area contributed by atoms with Gasteiger partial charge in [-0.3, -0.25) is 0 Å². The van der Waals surface area contributed by atoms with Gasteiger partial charge in [0.15, 0.2) is 4.88 Å². The van der Waals surface area contributed by atoms with Crippen LogP contribution in [0.1, 0.15) is 30.4 Å². The van der Waals surface area contributed by atoms with Crippen LogP contribution in [0.3, 0.4) is 0 Å². The molecule has 0 aliphatic carbocycles. The molecule has 1 aromatic rings. The van der Waals surface area contributed by atoms with E-state index in [4.69, 9.17) is 9.47 Å². The first-order valence-electron chi connectivity index (χ1n) is 6.09. The van der Waals surface area contributed by atoms with Crippen molar-refractivity contribution in [2.45, 2.75) is 26.4 Å². The summed E-state index contributed by atoms with van der Waals surface area (Å²) in [4.78, 5) is 23.2. The molecule has 112 valence electrons. The number of hydrogen-bond acceptors (Lipinski definition) is 6. The first kappa shape index (κ1) is 16.3. The molecule has 7 heteroatoms. The lowest BCUT2D eigenvalue weighted by Gasteiger charge is -2.19. The van der Waals surface area contributed by atoms with Crippen LogP contribution in [0.15, 0.2) is 11.4 Å². The van der Waals surface area contributed by atoms with Crippen LogP contribution in [0.4, 0.5) is 4.79 Å². The average Bonchev–Trinajstić information content (AvgIpc) is 2.79. The molecule has 1 N–H and O–H groups in total. The van der Waals surface area contributed by atoms with Crippen molar-refractivity contribution >= 4 is 23.4 Å². The van der Waals surface area contributed by atoms with Crippen LogP contribution < -0.4 is 10.1 Å². The summed E-state index contributed by atoms with van der Waals surface area (Å²) in [6.45, 7) is 5.89. The Bertz CT molecular complexity index is 464. The van der Waals surface area contributed by atoms with E-state index in [0.29, 0.717) is 10.6 Å². The molecule has 0 fully saturated rings. The monoisotopic (exact) mass is 301 g/mol. The highest BCUT2D eigenvalue weighted by Crippen LogP contribution is 2.25. The summed E-state index contributed by atoms with van der Waals surface area (Å²) >= 11 is 1.24. The number of rotatable bonds is 5. The van der Waals surface area contributed by atoms with Gasteiger partial charge in [-0.25, -0.2) is 9.59 Å². The van der Waals surface area contributed by atoms with Crippen molar-refractivity contribution in [1.82, 2.24) is 5.32 Å². The molecule has 0 unspecified atom stereocenters. The maximum atomic E-state index is 11.4. The van der Waals surface area contributed by atoms with E-state index in [2.05, 4.69) is 10.1 Å². The zero-order valence-electron chi connectivity index (χ0n) is 12.0. The molecule has 0 atom stereocenters. The summed E-state index contributed by atoms with van der Waals surface area (Å²) in [6, 6.07) is 1.68. The second-order valence-electron chi connectivity index (χ2n) is 4.88. The van der Waals surface area contributed by atoms with Gasteiger partial charge in [-0.2, -0.15) is 0 Å². The molecule has 0 saturated heterocycles. The number of carbonyl (C=O) groups is 2. The third-order valence-electron chi connectivity index (χ3n) is 2.03. The van der Waals surface area contributed by atoms with Crippen molar-refractivity contribution in [3.63, 3.8) is 0 Å². The third-order valence-corrected chi connectivity index (χ3v) is 2.90. The summed E-state index contributed by atoms with van der Waals surface area (Å²) in [7, 11) is 1.32. The molecule has 0 radical (unpaired) electrons. The van der Waals surface area contributed by atoms with Crippen molar-refractivity contribution < 1.29 is 23.8 Å². The van der Waals surface area contributed by atoms with Gasteiger partial charge >= 0.3 is 12.1 Å². The van der Waals surface area contributed by atoms with Crippen molar-refractivity contribution in [3.8, 4) is 5.75 Å². The normalized spacial score (nSPS) is 10.8. The zero-order valence-corrected chi connectivity index (χ0v) is 12.8. The summed E-state index contributed by atoms with van der Waals surface area (Å²) in [5.41, 5.74) is -0.531. The highest BCUT2D eigenvalue weighted by molar-refractivity contribution is 7.12. The van der Waals surface area contributed by atoms with E-state index in [9.17, 15) is 9.59 Å². The molecular weight excluding hydrogens is 282 g/mol. The molecule has 20 heavy (non-hydrogen) atoms. The van der Waals surface area contributed by atoms with Crippen LogP contribution in [-0.4, -0.2) is 37.9 Å². The number of carbonyl (C=O) groups excluding carboxylic acids is 2. The Morgan fingerprint density at radius 1 is 1.35 bits per heavy atom. The maximum absolute atomic E-state index is 11.4. The van der Waals surface area contributed by atoms with E-state index in [1.807, 2.05) is 0 Å². The standard InChI is InChI=1S/C13H19NO5S/c1-13(2,3)19-12(16)14-6-7-18-9-5-8-20-10(9)11(15)17-4/h5,8H,6-7H2,1-4H3,(H,14,16). The lowest BCUT2D eigenvalue weighted by Crippen LogP contribution is -2.34. The van der Waals surface area contributed by atoms with E-state index in [1.54, 1.807) is 32.2 Å². The Morgan fingerprint density at radius 2 is 2.05 bits per heavy atom. The van der Waals surface area contributed by atoms with Gasteiger partial charge in [0, 0.05) is 0 Å². The summed E-state index contributed by atoms with van der Waals surface area (Å²) in [5, 5.41) is 4.30. The predicted octanol–water partition coefficient (Wildman–Crippen LogP) is 2.44. The Hall–Kier alpha value is -1.76. The van der Waals surface area contributed by atoms with Crippen molar-refractivity contribution in [2.75, 3.05) is 20.3 Å². The molecule has 0 saturated carbocycles. The van der Waals surface area contributed by atoms with Crippen LogP contribution in [0, 0.1) is 0 Å². The van der Waals surface area contributed by atoms with Gasteiger partial charge in [0.2, 0.25) is 0 Å².